The topological polar surface area (TPSA) is 92.4 Å². The Hall–Kier alpha value is -2.63. The van der Waals surface area contributed by atoms with Crippen LogP contribution in [0.5, 0.6) is 0 Å². The first kappa shape index (κ1) is 14.3. The highest BCUT2D eigenvalue weighted by atomic mass is 16.5. The SMILES string of the molecule is O=C(NC(Cc1ccccc1)C(=O)O)c1conc1C1CC1. The molecule has 6 heteroatoms. The largest absolute Gasteiger partial charge is 0.480 e. The van der Waals surface area contributed by atoms with E-state index in [1.807, 2.05) is 30.3 Å². The predicted molar refractivity (Wildman–Crippen MR) is 77.5 cm³/mol. The van der Waals surface area contributed by atoms with E-state index < -0.39 is 17.9 Å². The van der Waals surface area contributed by atoms with Crippen LogP contribution in [-0.4, -0.2) is 28.2 Å². The fourth-order valence-electron chi connectivity index (χ4n) is 2.35. The summed E-state index contributed by atoms with van der Waals surface area (Å²) in [6.45, 7) is 0. The van der Waals surface area contributed by atoms with Crippen LogP contribution in [0.1, 0.15) is 40.4 Å². The fourth-order valence-corrected chi connectivity index (χ4v) is 2.35. The number of nitrogens with zero attached hydrogens (tertiary/aromatic N) is 1. The zero-order valence-corrected chi connectivity index (χ0v) is 11.9. The standard InChI is InChI=1S/C16H16N2O4/c19-15(12-9-22-18-14(12)11-6-7-11)17-13(16(20)21)8-10-4-2-1-3-5-10/h1-5,9,11,13H,6-8H2,(H,17,19)(H,20,21). The molecule has 3 rings (SSSR count). The molecular formula is C16H16N2O4. The molecule has 1 saturated carbocycles. The molecule has 6 nitrogen and oxygen atoms in total. The van der Waals surface area contributed by atoms with Gasteiger partial charge in [-0.15, -0.1) is 0 Å². The van der Waals surface area contributed by atoms with Crippen LogP contribution < -0.4 is 5.32 Å². The van der Waals surface area contributed by atoms with Crippen molar-refractivity contribution >= 4 is 11.9 Å². The van der Waals surface area contributed by atoms with E-state index in [1.54, 1.807) is 0 Å². The van der Waals surface area contributed by atoms with Crippen molar-refractivity contribution in [3.8, 4) is 0 Å². The van der Waals surface area contributed by atoms with Crippen molar-refractivity contribution in [2.45, 2.75) is 31.2 Å². The first-order chi connectivity index (χ1) is 10.6. The zero-order chi connectivity index (χ0) is 15.5. The lowest BCUT2D eigenvalue weighted by atomic mass is 10.1. The summed E-state index contributed by atoms with van der Waals surface area (Å²) in [5.74, 6) is -1.26. The third-order valence-electron chi connectivity index (χ3n) is 3.69. The lowest BCUT2D eigenvalue weighted by Gasteiger charge is -2.14. The minimum Gasteiger partial charge on any atom is -0.480 e. The van der Waals surface area contributed by atoms with E-state index in [-0.39, 0.29) is 12.3 Å². The Bertz CT molecular complexity index is 676. The number of rotatable bonds is 6. The first-order valence-corrected chi connectivity index (χ1v) is 7.17. The van der Waals surface area contributed by atoms with E-state index in [2.05, 4.69) is 10.5 Å². The highest BCUT2D eigenvalue weighted by molar-refractivity contribution is 5.97. The van der Waals surface area contributed by atoms with Gasteiger partial charge in [0.1, 0.15) is 17.9 Å². The number of carboxylic acid groups (broad SMARTS) is 1. The van der Waals surface area contributed by atoms with Gasteiger partial charge >= 0.3 is 5.97 Å². The smallest absolute Gasteiger partial charge is 0.326 e. The Labute approximate surface area is 127 Å². The maximum Gasteiger partial charge on any atom is 0.326 e. The second-order valence-electron chi connectivity index (χ2n) is 5.44. The van der Waals surface area contributed by atoms with Crippen molar-refractivity contribution in [2.75, 3.05) is 0 Å². The maximum absolute atomic E-state index is 12.3. The molecule has 2 N–H and O–H groups in total. The van der Waals surface area contributed by atoms with Crippen LogP contribution in [0.15, 0.2) is 41.1 Å². The molecule has 1 heterocycles. The predicted octanol–water partition coefficient (Wildman–Crippen LogP) is 1.98. The van der Waals surface area contributed by atoms with Crippen LogP contribution >= 0.6 is 0 Å². The zero-order valence-electron chi connectivity index (χ0n) is 11.9. The van der Waals surface area contributed by atoms with Crippen molar-refractivity contribution < 1.29 is 19.2 Å². The van der Waals surface area contributed by atoms with E-state index in [0.29, 0.717) is 11.3 Å². The van der Waals surface area contributed by atoms with E-state index in [0.717, 1.165) is 18.4 Å². The number of carboxylic acids is 1. The van der Waals surface area contributed by atoms with Crippen LogP contribution in [0.25, 0.3) is 0 Å². The minimum atomic E-state index is -1.07. The van der Waals surface area contributed by atoms with Gasteiger partial charge in [-0.3, -0.25) is 4.79 Å². The molecule has 0 saturated heterocycles. The number of benzene rings is 1. The Morgan fingerprint density at radius 3 is 2.68 bits per heavy atom. The molecule has 1 aromatic heterocycles. The van der Waals surface area contributed by atoms with Crippen molar-refractivity contribution in [2.24, 2.45) is 0 Å². The number of aliphatic carboxylic acids is 1. The Balaban J connectivity index is 1.71. The Kier molecular flexibility index (Phi) is 3.91. The van der Waals surface area contributed by atoms with Gasteiger partial charge in [0.2, 0.25) is 0 Å². The summed E-state index contributed by atoms with van der Waals surface area (Å²) in [4.78, 5) is 23.7. The minimum absolute atomic E-state index is 0.228. The van der Waals surface area contributed by atoms with Gasteiger partial charge < -0.3 is 14.9 Å². The molecule has 1 aliphatic carbocycles. The molecule has 0 aliphatic heterocycles. The second kappa shape index (κ2) is 6.01. The van der Waals surface area contributed by atoms with Crippen molar-refractivity contribution in [3.05, 3.63) is 53.4 Å². The molecule has 1 unspecified atom stereocenters. The van der Waals surface area contributed by atoms with Crippen LogP contribution in [0, 0.1) is 0 Å². The molecule has 2 aromatic rings. The summed E-state index contributed by atoms with van der Waals surface area (Å²) in [6, 6.07) is 8.20. The summed E-state index contributed by atoms with van der Waals surface area (Å²) in [7, 11) is 0. The third-order valence-corrected chi connectivity index (χ3v) is 3.69. The van der Waals surface area contributed by atoms with Gasteiger partial charge in [-0.2, -0.15) is 0 Å². The second-order valence-corrected chi connectivity index (χ2v) is 5.44. The van der Waals surface area contributed by atoms with Crippen molar-refractivity contribution in [3.63, 3.8) is 0 Å². The Morgan fingerprint density at radius 2 is 2.05 bits per heavy atom. The van der Waals surface area contributed by atoms with Crippen molar-refractivity contribution in [1.29, 1.82) is 0 Å². The van der Waals surface area contributed by atoms with E-state index >= 15 is 0 Å². The molecule has 1 aliphatic rings. The molecule has 0 bridgehead atoms. The summed E-state index contributed by atoms with van der Waals surface area (Å²) >= 11 is 0. The molecule has 0 spiro atoms. The summed E-state index contributed by atoms with van der Waals surface area (Å²) < 4.78 is 4.87. The number of hydrogen-bond donors (Lipinski definition) is 2. The first-order valence-electron chi connectivity index (χ1n) is 7.17. The van der Waals surface area contributed by atoms with Gasteiger partial charge in [0.15, 0.2) is 0 Å². The number of carbonyl (C=O) groups excluding carboxylic acids is 1. The van der Waals surface area contributed by atoms with E-state index in [9.17, 15) is 14.7 Å². The molecule has 1 fully saturated rings. The molecular weight excluding hydrogens is 284 g/mol. The highest BCUT2D eigenvalue weighted by Crippen LogP contribution is 2.40. The summed E-state index contributed by atoms with van der Waals surface area (Å²) in [6.07, 6.45) is 3.48. The molecule has 22 heavy (non-hydrogen) atoms. The maximum atomic E-state index is 12.3. The Morgan fingerprint density at radius 1 is 1.32 bits per heavy atom. The van der Waals surface area contributed by atoms with Gasteiger partial charge in [0, 0.05) is 12.3 Å². The van der Waals surface area contributed by atoms with Gasteiger partial charge in [-0.25, -0.2) is 4.79 Å². The summed E-state index contributed by atoms with van der Waals surface area (Å²) in [5, 5.41) is 15.7. The quantitative estimate of drug-likeness (QED) is 0.851. The number of aromatic nitrogens is 1. The summed E-state index contributed by atoms with van der Waals surface area (Å²) in [5.41, 5.74) is 1.81. The third kappa shape index (κ3) is 3.16. The van der Waals surface area contributed by atoms with Crippen LogP contribution in [-0.2, 0) is 11.2 Å². The number of carbonyl (C=O) groups is 2. The molecule has 1 amide bonds. The fraction of sp³-hybridized carbons (Fsp3) is 0.312. The number of amides is 1. The highest BCUT2D eigenvalue weighted by Gasteiger charge is 2.32. The number of nitrogens with one attached hydrogen (secondary N) is 1. The van der Waals surface area contributed by atoms with E-state index in [1.165, 1.54) is 6.26 Å². The lowest BCUT2D eigenvalue weighted by Crippen LogP contribution is -2.42. The number of hydrogen-bond acceptors (Lipinski definition) is 4. The van der Waals surface area contributed by atoms with Crippen molar-refractivity contribution in [1.82, 2.24) is 10.5 Å². The van der Waals surface area contributed by atoms with Crippen LogP contribution in [0.3, 0.4) is 0 Å². The van der Waals surface area contributed by atoms with Crippen LogP contribution in [0.4, 0.5) is 0 Å². The van der Waals surface area contributed by atoms with Gasteiger partial charge in [0.05, 0.1) is 5.69 Å². The van der Waals surface area contributed by atoms with Crippen LogP contribution in [0.2, 0.25) is 0 Å². The van der Waals surface area contributed by atoms with Gasteiger partial charge in [-0.05, 0) is 18.4 Å². The van der Waals surface area contributed by atoms with Gasteiger partial charge in [-0.1, -0.05) is 35.5 Å². The molecule has 0 radical (unpaired) electrons. The normalized spacial score (nSPS) is 15.3. The average molecular weight is 300 g/mol. The molecule has 1 atom stereocenters. The monoisotopic (exact) mass is 300 g/mol. The van der Waals surface area contributed by atoms with E-state index in [4.69, 9.17) is 4.52 Å². The lowest BCUT2D eigenvalue weighted by molar-refractivity contribution is -0.139. The molecule has 1 aromatic carbocycles. The van der Waals surface area contributed by atoms with Gasteiger partial charge in [0.25, 0.3) is 5.91 Å². The average Bonchev–Trinajstić information content (AvgIpc) is 3.24. The molecule has 114 valence electrons.